The summed E-state index contributed by atoms with van der Waals surface area (Å²) in [5.74, 6) is 1.02. The van der Waals surface area contributed by atoms with Crippen molar-refractivity contribution < 1.29 is 4.42 Å². The fraction of sp³-hybridized carbons (Fsp3) is 0.636. The molecule has 0 aromatic carbocycles. The van der Waals surface area contributed by atoms with Crippen molar-refractivity contribution in [3.8, 4) is 0 Å². The molecule has 0 saturated heterocycles. The predicted octanol–water partition coefficient (Wildman–Crippen LogP) is 3.41. The molecule has 14 heavy (non-hydrogen) atoms. The third kappa shape index (κ3) is 5.00. The van der Waals surface area contributed by atoms with Crippen molar-refractivity contribution in [2.45, 2.75) is 33.7 Å². The number of rotatable bonds is 4. The molecule has 1 heterocycles. The van der Waals surface area contributed by atoms with E-state index >= 15 is 0 Å². The Hall–Kier alpha value is -0.0300. The second-order valence-electron chi connectivity index (χ2n) is 4.69. The van der Waals surface area contributed by atoms with Crippen LogP contribution in [0.5, 0.6) is 0 Å². The molecule has 80 valence electrons. The molecule has 0 amide bonds. The molecule has 0 saturated carbocycles. The predicted molar refractivity (Wildman–Crippen MR) is 67.2 cm³/mol. The molecule has 0 fully saturated rings. The Labute approximate surface area is 99.6 Å². The van der Waals surface area contributed by atoms with Crippen LogP contribution >= 0.6 is 22.6 Å². The maximum absolute atomic E-state index is 5.44. The Morgan fingerprint density at radius 1 is 1.36 bits per heavy atom. The van der Waals surface area contributed by atoms with Gasteiger partial charge in [0.1, 0.15) is 5.76 Å². The van der Waals surface area contributed by atoms with Crippen LogP contribution in [-0.4, -0.2) is 6.54 Å². The van der Waals surface area contributed by atoms with Gasteiger partial charge < -0.3 is 9.73 Å². The van der Waals surface area contributed by atoms with E-state index in [0.29, 0.717) is 5.41 Å². The quantitative estimate of drug-likeness (QED) is 0.681. The zero-order valence-electron chi connectivity index (χ0n) is 9.06. The molecule has 0 aliphatic carbocycles. The Balaban J connectivity index is 2.16. The van der Waals surface area contributed by atoms with Crippen LogP contribution in [0.25, 0.3) is 0 Å². The van der Waals surface area contributed by atoms with Crippen LogP contribution in [0.1, 0.15) is 33.0 Å². The summed E-state index contributed by atoms with van der Waals surface area (Å²) in [5.41, 5.74) is 0.407. The number of nitrogens with one attached hydrogen (secondary N) is 1. The highest BCUT2D eigenvalue weighted by Gasteiger charge is 2.08. The van der Waals surface area contributed by atoms with Gasteiger partial charge in [-0.25, -0.2) is 0 Å². The maximum atomic E-state index is 5.44. The van der Waals surface area contributed by atoms with E-state index in [-0.39, 0.29) is 0 Å². The van der Waals surface area contributed by atoms with Crippen LogP contribution in [0.15, 0.2) is 16.5 Å². The minimum absolute atomic E-state index is 0.407. The van der Waals surface area contributed by atoms with Crippen LogP contribution in [0.2, 0.25) is 0 Å². The lowest BCUT2D eigenvalue weighted by Gasteiger charge is -2.17. The van der Waals surface area contributed by atoms with E-state index in [9.17, 15) is 0 Å². The van der Waals surface area contributed by atoms with Gasteiger partial charge in [-0.1, -0.05) is 20.8 Å². The average Bonchev–Trinajstić information content (AvgIpc) is 2.44. The van der Waals surface area contributed by atoms with Crippen molar-refractivity contribution in [2.75, 3.05) is 6.54 Å². The van der Waals surface area contributed by atoms with Gasteiger partial charge in [0.25, 0.3) is 0 Å². The zero-order valence-corrected chi connectivity index (χ0v) is 11.2. The molecule has 0 bridgehead atoms. The Kier molecular flexibility index (Phi) is 4.44. The minimum atomic E-state index is 0.407. The Morgan fingerprint density at radius 2 is 2.07 bits per heavy atom. The first-order valence-corrected chi connectivity index (χ1v) is 6.00. The Morgan fingerprint density at radius 3 is 2.57 bits per heavy atom. The molecule has 0 radical (unpaired) electrons. The van der Waals surface area contributed by atoms with Crippen molar-refractivity contribution in [1.82, 2.24) is 5.32 Å². The number of hydrogen-bond acceptors (Lipinski definition) is 2. The zero-order chi connectivity index (χ0) is 10.6. The fourth-order valence-corrected chi connectivity index (χ4v) is 1.58. The van der Waals surface area contributed by atoms with E-state index < -0.39 is 0 Å². The van der Waals surface area contributed by atoms with Crippen molar-refractivity contribution in [3.63, 3.8) is 0 Å². The Bertz CT molecular complexity index is 275. The summed E-state index contributed by atoms with van der Waals surface area (Å²) in [4.78, 5) is 0. The van der Waals surface area contributed by atoms with Gasteiger partial charge in [-0.2, -0.15) is 0 Å². The molecule has 0 unspecified atom stereocenters. The van der Waals surface area contributed by atoms with Gasteiger partial charge in [-0.05, 0) is 53.1 Å². The van der Waals surface area contributed by atoms with Crippen LogP contribution in [0.3, 0.4) is 0 Å². The third-order valence-corrected chi connectivity index (χ3v) is 2.56. The second kappa shape index (κ2) is 5.16. The number of halogens is 1. The summed E-state index contributed by atoms with van der Waals surface area (Å²) < 4.78 is 6.39. The van der Waals surface area contributed by atoms with E-state index in [1.807, 2.05) is 12.1 Å². The van der Waals surface area contributed by atoms with E-state index in [1.165, 1.54) is 6.42 Å². The molecule has 3 heteroatoms. The van der Waals surface area contributed by atoms with Gasteiger partial charge in [0, 0.05) is 0 Å². The number of hydrogen-bond donors (Lipinski definition) is 1. The van der Waals surface area contributed by atoms with Gasteiger partial charge in [-0.15, -0.1) is 0 Å². The lowest BCUT2D eigenvalue weighted by atomic mass is 9.92. The van der Waals surface area contributed by atoms with Crippen molar-refractivity contribution in [1.29, 1.82) is 0 Å². The summed E-state index contributed by atoms with van der Waals surface area (Å²) in [6, 6.07) is 4.01. The van der Waals surface area contributed by atoms with Gasteiger partial charge in [0.05, 0.1) is 6.54 Å². The fourth-order valence-electron chi connectivity index (χ4n) is 1.12. The summed E-state index contributed by atoms with van der Waals surface area (Å²) in [5, 5.41) is 3.37. The summed E-state index contributed by atoms with van der Waals surface area (Å²) in [6.45, 7) is 8.64. The van der Waals surface area contributed by atoms with Crippen molar-refractivity contribution >= 4 is 22.6 Å². The van der Waals surface area contributed by atoms with Crippen molar-refractivity contribution in [2.24, 2.45) is 5.41 Å². The van der Waals surface area contributed by atoms with E-state index in [0.717, 1.165) is 22.6 Å². The highest BCUT2D eigenvalue weighted by atomic mass is 127. The smallest absolute Gasteiger partial charge is 0.164 e. The first-order chi connectivity index (χ1) is 6.47. The van der Waals surface area contributed by atoms with E-state index in [1.54, 1.807) is 0 Å². The molecule has 1 rings (SSSR count). The van der Waals surface area contributed by atoms with Crippen LogP contribution < -0.4 is 5.32 Å². The first-order valence-electron chi connectivity index (χ1n) is 4.92. The molecule has 0 spiro atoms. The SMILES string of the molecule is CC(C)(C)CCNCc1ccc(I)o1. The lowest BCUT2D eigenvalue weighted by molar-refractivity contribution is 0.360. The molecular weight excluding hydrogens is 289 g/mol. The normalized spacial score (nSPS) is 12.0. The standard InChI is InChI=1S/C11H18INO/c1-11(2,3)6-7-13-8-9-4-5-10(12)14-9/h4-5,13H,6-8H2,1-3H3. The molecule has 0 aliphatic rings. The largest absolute Gasteiger partial charge is 0.454 e. The van der Waals surface area contributed by atoms with Gasteiger partial charge in [0.2, 0.25) is 0 Å². The molecule has 0 aliphatic heterocycles. The molecular formula is C11H18INO. The molecule has 1 aromatic heterocycles. The number of furan rings is 1. The van der Waals surface area contributed by atoms with Crippen LogP contribution in [0, 0.1) is 9.18 Å². The highest BCUT2D eigenvalue weighted by Crippen LogP contribution is 2.17. The van der Waals surface area contributed by atoms with Crippen LogP contribution in [-0.2, 0) is 6.54 Å². The molecule has 2 nitrogen and oxygen atoms in total. The maximum Gasteiger partial charge on any atom is 0.164 e. The molecule has 1 N–H and O–H groups in total. The first kappa shape index (κ1) is 12.0. The summed E-state index contributed by atoms with van der Waals surface area (Å²) >= 11 is 2.18. The van der Waals surface area contributed by atoms with Crippen LogP contribution in [0.4, 0.5) is 0 Å². The molecule has 1 aromatic rings. The van der Waals surface area contributed by atoms with E-state index in [2.05, 4.69) is 48.7 Å². The third-order valence-electron chi connectivity index (χ3n) is 1.98. The van der Waals surface area contributed by atoms with E-state index in [4.69, 9.17) is 4.42 Å². The summed E-state index contributed by atoms with van der Waals surface area (Å²) in [7, 11) is 0. The van der Waals surface area contributed by atoms with Gasteiger partial charge >= 0.3 is 0 Å². The minimum Gasteiger partial charge on any atom is -0.454 e. The monoisotopic (exact) mass is 307 g/mol. The summed E-state index contributed by atoms with van der Waals surface area (Å²) in [6.07, 6.45) is 1.19. The lowest BCUT2D eigenvalue weighted by Crippen LogP contribution is -2.19. The topological polar surface area (TPSA) is 25.2 Å². The highest BCUT2D eigenvalue weighted by molar-refractivity contribution is 14.1. The molecule has 0 atom stereocenters. The van der Waals surface area contributed by atoms with Gasteiger partial charge in [0.15, 0.2) is 3.77 Å². The average molecular weight is 307 g/mol. The second-order valence-corrected chi connectivity index (χ2v) is 5.76. The van der Waals surface area contributed by atoms with Gasteiger partial charge in [-0.3, -0.25) is 0 Å². The van der Waals surface area contributed by atoms with Crippen molar-refractivity contribution in [3.05, 3.63) is 21.7 Å².